The fourth-order valence-electron chi connectivity index (χ4n) is 1.93. The molecule has 0 saturated carbocycles. The summed E-state index contributed by atoms with van der Waals surface area (Å²) in [5, 5.41) is 8.24. The average Bonchev–Trinajstić information content (AvgIpc) is 2.94. The molecule has 0 saturated heterocycles. The van der Waals surface area contributed by atoms with E-state index < -0.39 is 0 Å². The highest BCUT2D eigenvalue weighted by molar-refractivity contribution is 7.11. The lowest BCUT2D eigenvalue weighted by atomic mass is 10.1. The summed E-state index contributed by atoms with van der Waals surface area (Å²) in [6.45, 7) is 7.51. The van der Waals surface area contributed by atoms with Crippen LogP contribution in [0.2, 0.25) is 0 Å². The van der Waals surface area contributed by atoms with Crippen molar-refractivity contribution in [2.24, 2.45) is 5.92 Å². The first-order valence-corrected chi connectivity index (χ1v) is 7.45. The molecule has 4 heteroatoms. The van der Waals surface area contributed by atoms with Gasteiger partial charge in [0.25, 0.3) is 0 Å². The van der Waals surface area contributed by atoms with Gasteiger partial charge in [-0.3, -0.25) is 4.68 Å². The van der Waals surface area contributed by atoms with E-state index in [9.17, 15) is 0 Å². The number of aromatic nitrogens is 3. The van der Waals surface area contributed by atoms with Crippen LogP contribution in [0.4, 0.5) is 0 Å². The standard InChI is InChI=1S/C14H21N3S/c1-4-17-10-12(15-16-17)5-6-13-7-8-14(18-13)9-11(2)3/h7-8,10-11H,4-6,9H2,1-3H3. The zero-order valence-electron chi connectivity index (χ0n) is 11.4. The summed E-state index contributed by atoms with van der Waals surface area (Å²) in [6.07, 6.45) is 5.30. The van der Waals surface area contributed by atoms with E-state index in [0.717, 1.165) is 31.0 Å². The minimum atomic E-state index is 0.737. The molecule has 0 N–H and O–H groups in total. The molecule has 2 aromatic rings. The minimum absolute atomic E-state index is 0.737. The number of aryl methyl sites for hydroxylation is 3. The van der Waals surface area contributed by atoms with Crippen LogP contribution in [0, 0.1) is 5.92 Å². The van der Waals surface area contributed by atoms with Crippen molar-refractivity contribution in [2.75, 3.05) is 0 Å². The fraction of sp³-hybridized carbons (Fsp3) is 0.571. The van der Waals surface area contributed by atoms with Gasteiger partial charge in [-0.2, -0.15) is 0 Å². The normalized spacial score (nSPS) is 11.3. The average molecular weight is 263 g/mol. The molecule has 0 fully saturated rings. The van der Waals surface area contributed by atoms with Crippen molar-refractivity contribution in [1.29, 1.82) is 0 Å². The second-order valence-electron chi connectivity index (χ2n) is 5.03. The Hall–Kier alpha value is -1.16. The molecule has 98 valence electrons. The van der Waals surface area contributed by atoms with Crippen LogP contribution < -0.4 is 0 Å². The van der Waals surface area contributed by atoms with E-state index in [0.29, 0.717) is 0 Å². The Morgan fingerprint density at radius 3 is 2.67 bits per heavy atom. The monoisotopic (exact) mass is 263 g/mol. The van der Waals surface area contributed by atoms with Gasteiger partial charge in [0.15, 0.2) is 0 Å². The zero-order valence-corrected chi connectivity index (χ0v) is 12.2. The third-order valence-electron chi connectivity index (χ3n) is 2.86. The maximum atomic E-state index is 4.17. The maximum Gasteiger partial charge on any atom is 0.0830 e. The molecular formula is C14H21N3S. The van der Waals surface area contributed by atoms with Crippen molar-refractivity contribution < 1.29 is 0 Å². The van der Waals surface area contributed by atoms with Crippen LogP contribution >= 0.6 is 11.3 Å². The number of rotatable bonds is 6. The fourth-order valence-corrected chi connectivity index (χ4v) is 3.16. The summed E-state index contributed by atoms with van der Waals surface area (Å²) in [4.78, 5) is 2.95. The number of thiophene rings is 1. The molecule has 0 aromatic carbocycles. The van der Waals surface area contributed by atoms with Crippen molar-refractivity contribution >= 4 is 11.3 Å². The van der Waals surface area contributed by atoms with Gasteiger partial charge in [0.05, 0.1) is 5.69 Å². The molecule has 3 nitrogen and oxygen atoms in total. The van der Waals surface area contributed by atoms with Crippen LogP contribution in [0.5, 0.6) is 0 Å². The van der Waals surface area contributed by atoms with Crippen LogP contribution in [0.1, 0.15) is 36.2 Å². The Morgan fingerprint density at radius 2 is 2.00 bits per heavy atom. The van der Waals surface area contributed by atoms with Crippen LogP contribution in [-0.4, -0.2) is 15.0 Å². The highest BCUT2D eigenvalue weighted by Gasteiger charge is 2.05. The summed E-state index contributed by atoms with van der Waals surface area (Å²) in [5.74, 6) is 0.737. The summed E-state index contributed by atoms with van der Waals surface area (Å²) in [6, 6.07) is 4.52. The second kappa shape index (κ2) is 6.14. The smallest absolute Gasteiger partial charge is 0.0830 e. The molecule has 2 heterocycles. The van der Waals surface area contributed by atoms with Crippen LogP contribution in [-0.2, 0) is 25.8 Å². The van der Waals surface area contributed by atoms with Crippen molar-refractivity contribution in [3.8, 4) is 0 Å². The molecule has 0 amide bonds. The van der Waals surface area contributed by atoms with Crippen LogP contribution in [0.25, 0.3) is 0 Å². The van der Waals surface area contributed by atoms with Gasteiger partial charge in [0, 0.05) is 22.5 Å². The summed E-state index contributed by atoms with van der Waals surface area (Å²) < 4.78 is 1.88. The second-order valence-corrected chi connectivity index (χ2v) is 6.28. The predicted octanol–water partition coefficient (Wildman–Crippen LogP) is 3.34. The third-order valence-corrected chi connectivity index (χ3v) is 4.03. The molecular weight excluding hydrogens is 242 g/mol. The van der Waals surface area contributed by atoms with Gasteiger partial charge in [-0.25, -0.2) is 0 Å². The van der Waals surface area contributed by atoms with E-state index in [1.54, 1.807) is 0 Å². The Bertz CT molecular complexity index is 485. The lowest BCUT2D eigenvalue weighted by Crippen LogP contribution is -1.93. The van der Waals surface area contributed by atoms with Gasteiger partial charge in [-0.05, 0) is 44.2 Å². The van der Waals surface area contributed by atoms with E-state index in [1.807, 2.05) is 22.2 Å². The van der Waals surface area contributed by atoms with Gasteiger partial charge in [0.1, 0.15) is 0 Å². The summed E-state index contributed by atoms with van der Waals surface area (Å²) in [7, 11) is 0. The van der Waals surface area contributed by atoms with E-state index in [-0.39, 0.29) is 0 Å². The first-order valence-electron chi connectivity index (χ1n) is 6.64. The zero-order chi connectivity index (χ0) is 13.0. The van der Waals surface area contributed by atoms with Crippen LogP contribution in [0.15, 0.2) is 18.3 Å². The number of hydrogen-bond donors (Lipinski definition) is 0. The first-order chi connectivity index (χ1) is 8.67. The highest BCUT2D eigenvalue weighted by Crippen LogP contribution is 2.21. The van der Waals surface area contributed by atoms with E-state index in [1.165, 1.54) is 16.2 Å². The summed E-state index contributed by atoms with van der Waals surface area (Å²) in [5.41, 5.74) is 1.09. The van der Waals surface area contributed by atoms with Gasteiger partial charge in [0.2, 0.25) is 0 Å². The molecule has 0 unspecified atom stereocenters. The van der Waals surface area contributed by atoms with Gasteiger partial charge in [-0.1, -0.05) is 19.1 Å². The van der Waals surface area contributed by atoms with E-state index >= 15 is 0 Å². The Balaban J connectivity index is 1.87. The molecule has 0 spiro atoms. The third kappa shape index (κ3) is 3.67. The van der Waals surface area contributed by atoms with Gasteiger partial charge in [-0.15, -0.1) is 16.4 Å². The quantitative estimate of drug-likeness (QED) is 0.800. The largest absolute Gasteiger partial charge is 0.253 e. The molecule has 0 radical (unpaired) electrons. The van der Waals surface area contributed by atoms with Crippen molar-refractivity contribution in [3.63, 3.8) is 0 Å². The topological polar surface area (TPSA) is 30.7 Å². The van der Waals surface area contributed by atoms with Gasteiger partial charge < -0.3 is 0 Å². The van der Waals surface area contributed by atoms with Crippen molar-refractivity contribution in [1.82, 2.24) is 15.0 Å². The molecule has 0 aliphatic rings. The molecule has 0 aliphatic carbocycles. The summed E-state index contributed by atoms with van der Waals surface area (Å²) >= 11 is 1.94. The maximum absolute atomic E-state index is 4.17. The van der Waals surface area contributed by atoms with E-state index in [2.05, 4.69) is 43.2 Å². The molecule has 0 aliphatic heterocycles. The molecule has 2 aromatic heterocycles. The van der Waals surface area contributed by atoms with Crippen LogP contribution in [0.3, 0.4) is 0 Å². The first kappa shape index (κ1) is 13.3. The van der Waals surface area contributed by atoms with Gasteiger partial charge >= 0.3 is 0 Å². The highest BCUT2D eigenvalue weighted by atomic mass is 32.1. The Kier molecular flexibility index (Phi) is 4.53. The minimum Gasteiger partial charge on any atom is -0.253 e. The molecule has 2 rings (SSSR count). The molecule has 0 bridgehead atoms. The predicted molar refractivity (Wildman–Crippen MR) is 76.0 cm³/mol. The van der Waals surface area contributed by atoms with Crippen molar-refractivity contribution in [2.45, 2.75) is 46.6 Å². The Labute approximate surface area is 113 Å². The molecule has 0 atom stereocenters. The molecule has 18 heavy (non-hydrogen) atoms. The van der Waals surface area contributed by atoms with E-state index in [4.69, 9.17) is 0 Å². The number of hydrogen-bond acceptors (Lipinski definition) is 3. The van der Waals surface area contributed by atoms with Crippen molar-refractivity contribution in [3.05, 3.63) is 33.8 Å². The lowest BCUT2D eigenvalue weighted by molar-refractivity contribution is 0.626. The Morgan fingerprint density at radius 1 is 1.22 bits per heavy atom. The number of nitrogens with zero attached hydrogens (tertiary/aromatic N) is 3. The SMILES string of the molecule is CCn1cc(CCc2ccc(CC(C)C)s2)nn1. The lowest BCUT2D eigenvalue weighted by Gasteiger charge is -1.99.